The second kappa shape index (κ2) is 9.29. The van der Waals surface area contributed by atoms with Crippen LogP contribution in [0.3, 0.4) is 0 Å². The van der Waals surface area contributed by atoms with E-state index in [0.29, 0.717) is 54.9 Å². The summed E-state index contributed by atoms with van der Waals surface area (Å²) in [6, 6.07) is 12.6. The fourth-order valence-corrected chi connectivity index (χ4v) is 4.74. The maximum absolute atomic E-state index is 13.3. The Morgan fingerprint density at radius 1 is 1.06 bits per heavy atom. The van der Waals surface area contributed by atoms with Gasteiger partial charge in [-0.3, -0.25) is 24.1 Å². The molecule has 1 fully saturated rings. The van der Waals surface area contributed by atoms with E-state index in [4.69, 9.17) is 0 Å². The van der Waals surface area contributed by atoms with Crippen molar-refractivity contribution in [1.82, 2.24) is 4.90 Å². The summed E-state index contributed by atoms with van der Waals surface area (Å²) in [4.78, 5) is 53.8. The number of benzene rings is 2. The van der Waals surface area contributed by atoms with Gasteiger partial charge in [0, 0.05) is 37.2 Å². The van der Waals surface area contributed by atoms with Gasteiger partial charge in [-0.1, -0.05) is 25.1 Å². The normalized spacial score (nSPS) is 19.0. The van der Waals surface area contributed by atoms with E-state index in [0.717, 1.165) is 5.56 Å². The van der Waals surface area contributed by atoms with Crippen molar-refractivity contribution in [2.45, 2.75) is 58.5 Å². The molecule has 4 amide bonds. The Kier molecular flexibility index (Phi) is 6.41. The molecule has 4 rings (SSSR count). The zero-order chi connectivity index (χ0) is 24.5. The van der Waals surface area contributed by atoms with Crippen LogP contribution in [0.15, 0.2) is 42.5 Å². The Hall–Kier alpha value is -3.68. The summed E-state index contributed by atoms with van der Waals surface area (Å²) in [5, 5.41) is 5.71. The third-order valence-electron chi connectivity index (χ3n) is 6.65. The first-order valence-corrected chi connectivity index (χ1v) is 11.7. The molecule has 2 aliphatic heterocycles. The Morgan fingerprint density at radius 2 is 1.82 bits per heavy atom. The second-order valence-corrected chi connectivity index (χ2v) is 9.00. The lowest BCUT2D eigenvalue weighted by Gasteiger charge is -2.48. The van der Waals surface area contributed by atoms with E-state index in [2.05, 4.69) is 10.6 Å². The summed E-state index contributed by atoms with van der Waals surface area (Å²) in [6.07, 6.45) is 2.01. The van der Waals surface area contributed by atoms with Gasteiger partial charge in [0.25, 0.3) is 5.91 Å². The van der Waals surface area contributed by atoms with Gasteiger partial charge in [0.15, 0.2) is 0 Å². The lowest BCUT2D eigenvalue weighted by atomic mass is 9.98. The van der Waals surface area contributed by atoms with E-state index in [1.165, 1.54) is 0 Å². The zero-order valence-electron chi connectivity index (χ0n) is 19.8. The summed E-state index contributed by atoms with van der Waals surface area (Å²) in [5.41, 5.74) is 2.61. The molecule has 0 bridgehead atoms. The largest absolute Gasteiger partial charge is 0.326 e. The SMILES string of the molecule is CCC(=O)Nc1ccc(C)c(NC(=O)CCCN2C(=O)c3ccccc3N3C(=O)CCC23C)c1. The van der Waals surface area contributed by atoms with Crippen LogP contribution in [0, 0.1) is 6.92 Å². The molecule has 178 valence electrons. The van der Waals surface area contributed by atoms with E-state index >= 15 is 0 Å². The standard InChI is InChI=1S/C26H30N4O4/c1-4-22(31)27-18-12-11-17(2)20(16-18)28-23(32)10-7-15-29-25(34)19-8-5-6-9-21(19)30-24(33)13-14-26(29,30)3/h5-6,8-9,11-12,16H,4,7,10,13-15H2,1-3H3,(H,27,31)(H,28,32). The first-order valence-electron chi connectivity index (χ1n) is 11.7. The molecule has 2 N–H and O–H groups in total. The fourth-order valence-electron chi connectivity index (χ4n) is 4.74. The molecule has 8 heteroatoms. The highest BCUT2D eigenvalue weighted by molar-refractivity contribution is 6.10. The predicted molar refractivity (Wildman–Crippen MR) is 131 cm³/mol. The minimum Gasteiger partial charge on any atom is -0.326 e. The van der Waals surface area contributed by atoms with Gasteiger partial charge in [0.05, 0.1) is 11.3 Å². The van der Waals surface area contributed by atoms with Crippen molar-refractivity contribution < 1.29 is 19.2 Å². The van der Waals surface area contributed by atoms with Gasteiger partial charge in [0.2, 0.25) is 17.7 Å². The van der Waals surface area contributed by atoms with Gasteiger partial charge >= 0.3 is 0 Å². The van der Waals surface area contributed by atoms with Crippen LogP contribution < -0.4 is 15.5 Å². The van der Waals surface area contributed by atoms with E-state index in [9.17, 15) is 19.2 Å². The van der Waals surface area contributed by atoms with Crippen molar-refractivity contribution in [2.75, 3.05) is 22.1 Å². The number of carbonyl (C=O) groups is 4. The number of para-hydroxylation sites is 1. The lowest BCUT2D eigenvalue weighted by molar-refractivity contribution is -0.118. The Labute approximate surface area is 199 Å². The molecule has 0 radical (unpaired) electrons. The quantitative estimate of drug-likeness (QED) is 0.648. The first kappa shape index (κ1) is 23.5. The molecule has 1 unspecified atom stereocenters. The number of anilines is 3. The number of fused-ring (bicyclic) bond motifs is 3. The predicted octanol–water partition coefficient (Wildman–Crippen LogP) is 4.06. The average Bonchev–Trinajstić information content (AvgIpc) is 3.13. The molecule has 2 aromatic rings. The Morgan fingerprint density at radius 3 is 2.59 bits per heavy atom. The number of carbonyl (C=O) groups excluding carboxylic acids is 4. The van der Waals surface area contributed by atoms with Crippen molar-refractivity contribution >= 4 is 40.7 Å². The smallest absolute Gasteiger partial charge is 0.257 e. The zero-order valence-corrected chi connectivity index (χ0v) is 19.8. The Balaban J connectivity index is 1.42. The Bertz CT molecular complexity index is 1160. The summed E-state index contributed by atoms with van der Waals surface area (Å²) in [6.45, 7) is 5.95. The maximum atomic E-state index is 13.3. The van der Waals surface area contributed by atoms with E-state index < -0.39 is 5.66 Å². The van der Waals surface area contributed by atoms with Crippen molar-refractivity contribution in [3.8, 4) is 0 Å². The highest BCUT2D eigenvalue weighted by Crippen LogP contribution is 2.44. The molecule has 0 spiro atoms. The molecule has 2 aromatic carbocycles. The van der Waals surface area contributed by atoms with Gasteiger partial charge in [-0.2, -0.15) is 0 Å². The molecule has 0 aromatic heterocycles. The van der Waals surface area contributed by atoms with Crippen LogP contribution in [0.1, 0.15) is 61.9 Å². The molecule has 1 atom stereocenters. The third kappa shape index (κ3) is 4.27. The molecule has 8 nitrogen and oxygen atoms in total. The molecule has 0 saturated carbocycles. The van der Waals surface area contributed by atoms with Crippen LogP contribution in [0.2, 0.25) is 0 Å². The van der Waals surface area contributed by atoms with Gasteiger partial charge in [-0.25, -0.2) is 0 Å². The van der Waals surface area contributed by atoms with Gasteiger partial charge in [0.1, 0.15) is 5.66 Å². The monoisotopic (exact) mass is 462 g/mol. The summed E-state index contributed by atoms with van der Waals surface area (Å²) >= 11 is 0. The van der Waals surface area contributed by atoms with Gasteiger partial charge < -0.3 is 15.5 Å². The molecule has 34 heavy (non-hydrogen) atoms. The van der Waals surface area contributed by atoms with Crippen LogP contribution in [-0.2, 0) is 14.4 Å². The molecular weight excluding hydrogens is 432 g/mol. The molecular formula is C26H30N4O4. The van der Waals surface area contributed by atoms with Gasteiger partial charge in [-0.15, -0.1) is 0 Å². The van der Waals surface area contributed by atoms with Gasteiger partial charge in [-0.05, 0) is 56.5 Å². The topological polar surface area (TPSA) is 98.8 Å². The maximum Gasteiger partial charge on any atom is 0.257 e. The third-order valence-corrected chi connectivity index (χ3v) is 6.65. The minimum atomic E-state index is -0.721. The van der Waals surface area contributed by atoms with Crippen molar-refractivity contribution in [3.05, 3.63) is 53.6 Å². The van der Waals surface area contributed by atoms with Crippen LogP contribution in [0.4, 0.5) is 17.1 Å². The van der Waals surface area contributed by atoms with Crippen molar-refractivity contribution in [3.63, 3.8) is 0 Å². The molecule has 2 heterocycles. The van der Waals surface area contributed by atoms with E-state index in [1.807, 2.05) is 32.0 Å². The lowest BCUT2D eigenvalue weighted by Crippen LogP contribution is -2.62. The number of nitrogens with one attached hydrogen (secondary N) is 2. The minimum absolute atomic E-state index is 0.00992. The number of amides is 4. The average molecular weight is 463 g/mol. The number of rotatable bonds is 7. The van der Waals surface area contributed by atoms with Crippen molar-refractivity contribution in [2.24, 2.45) is 0 Å². The number of nitrogens with zero attached hydrogens (tertiary/aromatic N) is 2. The summed E-state index contributed by atoms with van der Waals surface area (Å²) < 4.78 is 0. The fraction of sp³-hybridized carbons (Fsp3) is 0.385. The van der Waals surface area contributed by atoms with Crippen LogP contribution in [0.25, 0.3) is 0 Å². The first-order chi connectivity index (χ1) is 16.2. The number of hydrogen-bond acceptors (Lipinski definition) is 4. The van der Waals surface area contributed by atoms with Crippen LogP contribution in [0.5, 0.6) is 0 Å². The second-order valence-electron chi connectivity index (χ2n) is 9.00. The summed E-state index contributed by atoms with van der Waals surface area (Å²) in [7, 11) is 0. The highest BCUT2D eigenvalue weighted by Gasteiger charge is 2.52. The number of hydrogen-bond donors (Lipinski definition) is 2. The molecule has 0 aliphatic carbocycles. The highest BCUT2D eigenvalue weighted by atomic mass is 16.2. The molecule has 1 saturated heterocycles. The van der Waals surface area contributed by atoms with Crippen LogP contribution in [-0.4, -0.2) is 40.7 Å². The molecule has 2 aliphatic rings. The summed E-state index contributed by atoms with van der Waals surface area (Å²) in [5.74, 6) is -0.367. The van der Waals surface area contributed by atoms with E-state index in [1.54, 1.807) is 41.0 Å². The van der Waals surface area contributed by atoms with Crippen LogP contribution >= 0.6 is 0 Å². The van der Waals surface area contributed by atoms with Crippen molar-refractivity contribution in [1.29, 1.82) is 0 Å². The van der Waals surface area contributed by atoms with E-state index in [-0.39, 0.29) is 30.0 Å². The number of aryl methyl sites for hydroxylation is 1.